The molecule has 0 saturated carbocycles. The second kappa shape index (κ2) is 8.12. The van der Waals surface area contributed by atoms with Crippen LogP contribution in [0.2, 0.25) is 0 Å². The lowest BCUT2D eigenvalue weighted by Crippen LogP contribution is -2.32. The number of allylic oxidation sites excluding steroid dienone is 1. The predicted octanol–water partition coefficient (Wildman–Crippen LogP) is 4.38. The van der Waals surface area contributed by atoms with E-state index in [1.54, 1.807) is 6.92 Å². The molecule has 0 atom stereocenters. The van der Waals surface area contributed by atoms with Crippen molar-refractivity contribution in [2.45, 2.75) is 26.7 Å². The molecule has 0 aliphatic carbocycles. The van der Waals surface area contributed by atoms with Crippen molar-refractivity contribution in [3.63, 3.8) is 0 Å². The molecule has 0 fully saturated rings. The van der Waals surface area contributed by atoms with Crippen LogP contribution in [0.1, 0.15) is 26.7 Å². The molecule has 0 radical (unpaired) electrons. The summed E-state index contributed by atoms with van der Waals surface area (Å²) in [6.45, 7) is 4.89. The molecule has 0 amide bonds. The number of unbranched alkanes of at least 4 members (excludes halogenated alkanes) is 1. The third-order valence-corrected chi connectivity index (χ3v) is 7.31. The number of hydrogen-bond donors (Lipinski definition) is 2. The van der Waals surface area contributed by atoms with Crippen molar-refractivity contribution in [3.05, 3.63) is 72.2 Å². The molecule has 0 aromatic heterocycles. The van der Waals surface area contributed by atoms with Crippen molar-refractivity contribution in [3.8, 4) is 0 Å². The molecule has 22 heavy (non-hydrogen) atoms. The van der Waals surface area contributed by atoms with Crippen LogP contribution in [0.4, 0.5) is 0 Å². The van der Waals surface area contributed by atoms with Gasteiger partial charge in [-0.05, 0) is 37.6 Å². The summed E-state index contributed by atoms with van der Waals surface area (Å²) in [5, 5.41) is 16.3. The van der Waals surface area contributed by atoms with Crippen LogP contribution in [0, 0.1) is 0 Å². The third kappa shape index (κ3) is 3.97. The molecule has 0 heterocycles. The van der Waals surface area contributed by atoms with Gasteiger partial charge < -0.3 is 5.11 Å². The molecule has 2 aromatic carbocycles. The zero-order chi connectivity index (χ0) is 15.8. The van der Waals surface area contributed by atoms with Gasteiger partial charge in [0.1, 0.15) is 22.2 Å². The smallest absolute Gasteiger partial charge is 0.174 e. The molecule has 0 aliphatic heterocycles. The fourth-order valence-corrected chi connectivity index (χ4v) is 5.97. The molecule has 2 nitrogen and oxygen atoms in total. The Morgan fingerprint density at radius 2 is 1.50 bits per heavy atom. The molecule has 0 aliphatic rings. The van der Waals surface area contributed by atoms with Crippen molar-refractivity contribution < 1.29 is 5.11 Å². The molecule has 0 spiro atoms. The van der Waals surface area contributed by atoms with Crippen molar-refractivity contribution in [1.82, 2.24) is 5.09 Å². The second-order valence-corrected chi connectivity index (χ2v) is 8.48. The fraction of sp³-hybridized carbons (Fsp3) is 0.263. The van der Waals surface area contributed by atoms with Gasteiger partial charge in [-0.15, -0.1) is 0 Å². The van der Waals surface area contributed by atoms with E-state index in [-0.39, 0.29) is 0 Å². The average molecular weight is 314 g/mol. The van der Waals surface area contributed by atoms with E-state index in [9.17, 15) is 5.11 Å². The van der Waals surface area contributed by atoms with Crippen LogP contribution in [0.25, 0.3) is 0 Å². The minimum absolute atomic E-state index is 0.366. The highest BCUT2D eigenvalue weighted by atomic mass is 31.2. The first kappa shape index (κ1) is 16.7. The average Bonchev–Trinajstić information content (AvgIpc) is 2.55. The van der Waals surface area contributed by atoms with Crippen LogP contribution in [0.5, 0.6) is 0 Å². The van der Waals surface area contributed by atoms with Crippen LogP contribution in [0.15, 0.2) is 72.2 Å². The number of benzene rings is 2. The molecule has 116 valence electrons. The van der Waals surface area contributed by atoms with E-state index in [0.717, 1.165) is 19.4 Å². The number of hydrogen-bond acceptors (Lipinski definition) is 2. The molecular formula is C19H25NOP+. The van der Waals surface area contributed by atoms with Gasteiger partial charge in [0, 0.05) is 6.54 Å². The Labute approximate surface area is 134 Å². The van der Waals surface area contributed by atoms with E-state index in [2.05, 4.69) is 60.5 Å². The lowest BCUT2D eigenvalue weighted by Gasteiger charge is -2.24. The Balaban J connectivity index is 2.56. The predicted molar refractivity (Wildman–Crippen MR) is 98.4 cm³/mol. The maximum absolute atomic E-state index is 10.0. The van der Waals surface area contributed by atoms with Crippen molar-refractivity contribution in [1.29, 1.82) is 0 Å². The van der Waals surface area contributed by atoms with E-state index < -0.39 is 7.41 Å². The van der Waals surface area contributed by atoms with Gasteiger partial charge in [-0.1, -0.05) is 49.7 Å². The van der Waals surface area contributed by atoms with Crippen LogP contribution < -0.4 is 15.7 Å². The Morgan fingerprint density at radius 3 is 1.91 bits per heavy atom. The molecule has 2 aromatic rings. The van der Waals surface area contributed by atoms with Gasteiger partial charge in [0.25, 0.3) is 0 Å². The third-order valence-electron chi connectivity index (χ3n) is 3.60. The normalized spacial score (nSPS) is 12.4. The summed E-state index contributed by atoms with van der Waals surface area (Å²) in [4.78, 5) is 0. The summed E-state index contributed by atoms with van der Waals surface area (Å²) < 4.78 is 0. The first-order chi connectivity index (χ1) is 10.7. The van der Waals surface area contributed by atoms with Crippen LogP contribution in [-0.2, 0) is 0 Å². The van der Waals surface area contributed by atoms with Crippen LogP contribution in [0.3, 0.4) is 0 Å². The molecule has 0 bridgehead atoms. The Hall–Kier alpha value is -1.63. The fourth-order valence-electron chi connectivity index (χ4n) is 2.57. The van der Waals surface area contributed by atoms with E-state index in [1.165, 1.54) is 10.6 Å². The zero-order valence-electron chi connectivity index (χ0n) is 13.4. The van der Waals surface area contributed by atoms with E-state index in [0.29, 0.717) is 5.76 Å². The van der Waals surface area contributed by atoms with Gasteiger partial charge in [-0.25, -0.2) is 0 Å². The first-order valence-corrected chi connectivity index (χ1v) is 9.68. The Kier molecular flexibility index (Phi) is 6.18. The summed E-state index contributed by atoms with van der Waals surface area (Å²) in [5.41, 5.74) is 0. The molecule has 2 rings (SSSR count). The molecule has 0 unspecified atom stereocenters. The lowest BCUT2D eigenvalue weighted by molar-refractivity contribution is 0.416. The van der Waals surface area contributed by atoms with E-state index in [4.69, 9.17) is 0 Å². The highest BCUT2D eigenvalue weighted by Crippen LogP contribution is 2.54. The maximum atomic E-state index is 10.0. The van der Waals surface area contributed by atoms with Crippen molar-refractivity contribution >= 4 is 18.0 Å². The highest BCUT2D eigenvalue weighted by molar-refractivity contribution is 7.90. The van der Waals surface area contributed by atoms with Crippen molar-refractivity contribution in [2.24, 2.45) is 0 Å². The summed E-state index contributed by atoms with van der Waals surface area (Å²) in [6.07, 6.45) is 2.28. The van der Waals surface area contributed by atoms with Gasteiger partial charge in [0.05, 0.1) is 0 Å². The standard InChI is InChI=1S/C19H24NOP/c1-3-4-15-20-22(16-17(2)21,18-11-7-5-8-12-18)19-13-9-6-10-14-19/h5-14,16,20H,3-4,15H2,1-2H3/p+1/b17-16-. The number of aliphatic hydroxyl groups excluding tert-OH is 1. The highest BCUT2D eigenvalue weighted by Gasteiger charge is 2.41. The lowest BCUT2D eigenvalue weighted by atomic mass is 10.3. The van der Waals surface area contributed by atoms with Crippen LogP contribution >= 0.6 is 7.41 Å². The summed E-state index contributed by atoms with van der Waals surface area (Å²) in [6, 6.07) is 20.9. The van der Waals surface area contributed by atoms with E-state index in [1.807, 2.05) is 17.9 Å². The Morgan fingerprint density at radius 1 is 1.00 bits per heavy atom. The molecule has 2 N–H and O–H groups in total. The molecule has 3 heteroatoms. The Bertz CT molecular complexity index is 552. The van der Waals surface area contributed by atoms with Gasteiger partial charge in [-0.3, -0.25) is 0 Å². The van der Waals surface area contributed by atoms with Gasteiger partial charge in [0.2, 0.25) is 0 Å². The summed E-state index contributed by atoms with van der Waals surface area (Å²) in [5.74, 6) is 2.39. The van der Waals surface area contributed by atoms with E-state index >= 15 is 0 Å². The molecular weight excluding hydrogens is 289 g/mol. The van der Waals surface area contributed by atoms with Crippen LogP contribution in [-0.4, -0.2) is 11.7 Å². The zero-order valence-corrected chi connectivity index (χ0v) is 14.3. The first-order valence-electron chi connectivity index (χ1n) is 7.82. The summed E-state index contributed by atoms with van der Waals surface area (Å²) in [7, 11) is -1.95. The minimum atomic E-state index is -1.95. The monoisotopic (exact) mass is 314 g/mol. The van der Waals surface area contributed by atoms with Gasteiger partial charge in [-0.2, -0.15) is 5.09 Å². The number of rotatable bonds is 7. The molecule has 0 saturated heterocycles. The SMILES string of the molecule is CCCCN[P+](/C=C(/C)O)(c1ccccc1)c1ccccc1. The second-order valence-electron chi connectivity index (χ2n) is 5.43. The number of nitrogens with one attached hydrogen (secondary N) is 1. The largest absolute Gasteiger partial charge is 0.509 e. The minimum Gasteiger partial charge on any atom is -0.509 e. The van der Waals surface area contributed by atoms with Gasteiger partial charge >= 0.3 is 0 Å². The van der Waals surface area contributed by atoms with Crippen molar-refractivity contribution in [2.75, 3.05) is 6.54 Å². The summed E-state index contributed by atoms with van der Waals surface area (Å²) >= 11 is 0. The van der Waals surface area contributed by atoms with Gasteiger partial charge in [0.15, 0.2) is 7.41 Å². The topological polar surface area (TPSA) is 32.3 Å². The maximum Gasteiger partial charge on any atom is 0.174 e. The number of aliphatic hydroxyl groups is 1. The quantitative estimate of drug-likeness (QED) is 0.451.